The summed E-state index contributed by atoms with van der Waals surface area (Å²) in [6, 6.07) is 1.83. The number of esters is 2. The van der Waals surface area contributed by atoms with Gasteiger partial charge in [0, 0.05) is 27.7 Å². The van der Waals surface area contributed by atoms with E-state index in [0.717, 1.165) is 25.7 Å². The number of ether oxygens (including phenoxy) is 4. The highest BCUT2D eigenvalue weighted by atomic mass is 16.7. The second-order valence-corrected chi connectivity index (χ2v) is 15.3. The topological polar surface area (TPSA) is 125 Å². The molecule has 0 aromatic carbocycles. The molecule has 0 radical (unpaired) electrons. The lowest BCUT2D eigenvalue weighted by atomic mass is 9.31. The van der Waals surface area contributed by atoms with E-state index in [1.807, 2.05) is 19.9 Å². The number of carbonyl (C=O) groups excluding carboxylic acids is 3. The predicted molar refractivity (Wildman–Crippen MR) is 147 cm³/mol. The number of aliphatic hydroxyl groups is 1. The fourth-order valence-electron chi connectivity index (χ4n) is 12.5. The van der Waals surface area contributed by atoms with Gasteiger partial charge in [-0.2, -0.15) is 0 Å². The minimum Gasteiger partial charge on any atom is -0.472 e. The summed E-state index contributed by atoms with van der Waals surface area (Å²) in [7, 11) is 0. The summed E-state index contributed by atoms with van der Waals surface area (Å²) in [4.78, 5) is 41.8. The third kappa shape index (κ3) is 2.63. The molecule has 228 valence electrons. The Hall–Kier alpha value is -2.67. The molecule has 8 aliphatic rings. The zero-order valence-electron chi connectivity index (χ0n) is 24.9. The average Bonchev–Trinajstić information content (AvgIpc) is 3.39. The minimum absolute atomic E-state index is 0.0489. The van der Waals surface area contributed by atoms with E-state index in [1.165, 1.54) is 0 Å². The SMILES string of the molecule is CC1(C)O[C@H]2CC(=O)OC[C@@]23[C@@H]1C(=O)[C@@H](O)[C@]12[C@@H]3CC[C@]3(C)[C@]14O[C@@H]4C(=O)O[C@]3(c1ccoc1)CC#C[C@@H]1CCCC[C@@H]12. The van der Waals surface area contributed by atoms with Gasteiger partial charge in [0.2, 0.25) is 0 Å². The van der Waals surface area contributed by atoms with Crippen LogP contribution in [0, 0.1) is 51.8 Å². The van der Waals surface area contributed by atoms with E-state index in [2.05, 4.69) is 18.8 Å². The monoisotopic (exact) mass is 590 g/mol. The number of cyclic esters (lactones) is 1. The van der Waals surface area contributed by atoms with Crippen molar-refractivity contribution in [2.45, 2.75) is 107 Å². The number of fused-ring (bicyclic) bond motifs is 1. The number of carbonyl (C=O) groups is 3. The second kappa shape index (κ2) is 7.94. The molecule has 0 unspecified atom stereocenters. The van der Waals surface area contributed by atoms with Gasteiger partial charge in [0.1, 0.15) is 18.3 Å². The maximum absolute atomic E-state index is 15.0. The van der Waals surface area contributed by atoms with Gasteiger partial charge in [0.05, 0.1) is 43.0 Å². The number of hydrogen-bond donors (Lipinski definition) is 1. The Morgan fingerprint density at radius 1 is 1.05 bits per heavy atom. The maximum Gasteiger partial charge on any atom is 0.339 e. The highest BCUT2D eigenvalue weighted by Gasteiger charge is 2.94. The van der Waals surface area contributed by atoms with E-state index in [1.54, 1.807) is 12.5 Å². The van der Waals surface area contributed by atoms with Crippen LogP contribution in [0.1, 0.15) is 77.7 Å². The summed E-state index contributed by atoms with van der Waals surface area (Å²) in [5, 5.41) is 12.8. The second-order valence-electron chi connectivity index (χ2n) is 15.3. The van der Waals surface area contributed by atoms with E-state index in [-0.39, 0.29) is 49.0 Å². The highest BCUT2D eigenvalue weighted by Crippen LogP contribution is 2.84. The van der Waals surface area contributed by atoms with Crippen LogP contribution in [0.5, 0.6) is 0 Å². The van der Waals surface area contributed by atoms with Crippen molar-refractivity contribution in [2.24, 2.45) is 39.9 Å². The Bertz CT molecular complexity index is 1520. The molecule has 1 aromatic heterocycles. The number of aliphatic hydroxyl groups excluding tert-OH is 1. The Balaban J connectivity index is 1.38. The lowest BCUT2D eigenvalue weighted by molar-refractivity contribution is -0.294. The molecule has 3 saturated carbocycles. The third-order valence-corrected chi connectivity index (χ3v) is 13.7. The molecular weight excluding hydrogens is 552 g/mol. The summed E-state index contributed by atoms with van der Waals surface area (Å²) < 4.78 is 31.4. The molecule has 4 saturated heterocycles. The molecule has 9 nitrogen and oxygen atoms in total. The average molecular weight is 591 g/mol. The lowest BCUT2D eigenvalue weighted by Gasteiger charge is -2.71. The van der Waals surface area contributed by atoms with E-state index < -0.39 is 63.2 Å². The molecule has 4 bridgehead atoms. The van der Waals surface area contributed by atoms with Crippen molar-refractivity contribution in [3.63, 3.8) is 0 Å². The normalized spacial score (nSPS) is 53.5. The molecule has 4 aliphatic carbocycles. The molecule has 4 aliphatic heterocycles. The lowest BCUT2D eigenvalue weighted by Crippen LogP contribution is -2.81. The van der Waals surface area contributed by atoms with Crippen LogP contribution in [0.2, 0.25) is 0 Å². The van der Waals surface area contributed by atoms with Gasteiger partial charge in [-0.05, 0) is 57.4 Å². The van der Waals surface area contributed by atoms with Crippen molar-refractivity contribution >= 4 is 17.7 Å². The molecule has 12 atom stereocenters. The zero-order valence-corrected chi connectivity index (χ0v) is 24.9. The quantitative estimate of drug-likeness (QED) is 0.297. The summed E-state index contributed by atoms with van der Waals surface area (Å²) in [6.45, 7) is 5.95. The van der Waals surface area contributed by atoms with Crippen LogP contribution < -0.4 is 0 Å². The van der Waals surface area contributed by atoms with Crippen LogP contribution in [-0.2, 0) is 38.9 Å². The Morgan fingerprint density at radius 3 is 2.65 bits per heavy atom. The van der Waals surface area contributed by atoms with Crippen LogP contribution in [0.15, 0.2) is 23.0 Å². The first-order valence-electron chi connectivity index (χ1n) is 16.0. The first kappa shape index (κ1) is 26.7. The summed E-state index contributed by atoms with van der Waals surface area (Å²) in [5.74, 6) is 4.66. The van der Waals surface area contributed by atoms with Gasteiger partial charge in [-0.25, -0.2) is 4.79 Å². The minimum atomic E-state index is -1.41. The standard InChI is InChI=1S/C34H38O9/c1-29(2)25-24(36)26(37)33-20-9-5-4-7-18(20)8-6-12-32(19-11-14-39-16-19)30(3,34(33)27(42-34)28(38)43-32)13-10-21(33)31(25)17-40-23(35)15-22(31)41-29/h11,14,16,18,20-22,25-27,37H,4-5,7,9-10,12-13,15,17H2,1-3H3/t18-,20-,21+,22-,25+,26+,27+,30-,31-,32-,33-,34-/m0/s1. The summed E-state index contributed by atoms with van der Waals surface area (Å²) in [6.07, 6.45) is 5.43. The Labute approximate surface area is 250 Å². The van der Waals surface area contributed by atoms with Gasteiger partial charge < -0.3 is 28.5 Å². The fraction of sp³-hybridized carbons (Fsp3) is 0.735. The molecule has 0 amide bonds. The summed E-state index contributed by atoms with van der Waals surface area (Å²) in [5.41, 5.74) is -5.43. The van der Waals surface area contributed by atoms with Crippen molar-refractivity contribution in [1.82, 2.24) is 0 Å². The molecule has 7 fully saturated rings. The van der Waals surface area contributed by atoms with Crippen LogP contribution in [0.25, 0.3) is 0 Å². The zero-order chi connectivity index (χ0) is 29.8. The maximum atomic E-state index is 15.0. The van der Waals surface area contributed by atoms with Crippen molar-refractivity contribution in [2.75, 3.05) is 6.61 Å². The van der Waals surface area contributed by atoms with Gasteiger partial charge >= 0.3 is 11.9 Å². The summed E-state index contributed by atoms with van der Waals surface area (Å²) >= 11 is 0. The first-order valence-corrected chi connectivity index (χ1v) is 16.0. The molecule has 9 heteroatoms. The molecule has 1 N–H and O–H groups in total. The largest absolute Gasteiger partial charge is 0.472 e. The van der Waals surface area contributed by atoms with Crippen molar-refractivity contribution in [3.8, 4) is 11.8 Å². The van der Waals surface area contributed by atoms with Gasteiger partial charge in [0.25, 0.3) is 0 Å². The van der Waals surface area contributed by atoms with Crippen LogP contribution in [-0.4, -0.2) is 58.9 Å². The van der Waals surface area contributed by atoms with Crippen molar-refractivity contribution in [1.29, 1.82) is 0 Å². The fourth-order valence-corrected chi connectivity index (χ4v) is 12.5. The molecule has 5 heterocycles. The number of Topliss-reactive ketones (excluding diaryl/α,β-unsaturated/α-hetero) is 1. The van der Waals surface area contributed by atoms with E-state index in [0.29, 0.717) is 18.4 Å². The van der Waals surface area contributed by atoms with Crippen LogP contribution >= 0.6 is 0 Å². The Morgan fingerprint density at radius 2 is 1.86 bits per heavy atom. The molecule has 9 rings (SSSR count). The molecule has 3 spiro atoms. The van der Waals surface area contributed by atoms with Gasteiger partial charge in [-0.1, -0.05) is 31.6 Å². The number of furan rings is 1. The first-order chi connectivity index (χ1) is 20.5. The molecular formula is C34H38O9. The third-order valence-electron chi connectivity index (χ3n) is 13.7. The van der Waals surface area contributed by atoms with Crippen molar-refractivity contribution < 1.29 is 42.9 Å². The van der Waals surface area contributed by atoms with Gasteiger partial charge in [0.15, 0.2) is 17.5 Å². The predicted octanol–water partition coefficient (Wildman–Crippen LogP) is 3.46. The smallest absolute Gasteiger partial charge is 0.339 e. The van der Waals surface area contributed by atoms with Gasteiger partial charge in [-0.15, -0.1) is 0 Å². The van der Waals surface area contributed by atoms with E-state index in [4.69, 9.17) is 23.4 Å². The van der Waals surface area contributed by atoms with Gasteiger partial charge in [-0.3, -0.25) is 9.59 Å². The van der Waals surface area contributed by atoms with E-state index in [9.17, 15) is 19.5 Å². The number of ketones is 1. The molecule has 1 aromatic rings. The Kier molecular flexibility index (Phi) is 4.93. The highest BCUT2D eigenvalue weighted by molar-refractivity contribution is 5.92. The number of hydrogen-bond acceptors (Lipinski definition) is 9. The number of rotatable bonds is 1. The van der Waals surface area contributed by atoms with Crippen LogP contribution in [0.3, 0.4) is 0 Å². The van der Waals surface area contributed by atoms with Crippen LogP contribution in [0.4, 0.5) is 0 Å². The van der Waals surface area contributed by atoms with Crippen molar-refractivity contribution in [3.05, 3.63) is 24.2 Å². The molecule has 43 heavy (non-hydrogen) atoms. The number of epoxide rings is 1. The van der Waals surface area contributed by atoms with E-state index >= 15 is 0 Å².